The molecular weight excluding hydrogens is 1600 g/mol. The molecule has 8 saturated heterocycles. The summed E-state index contributed by atoms with van der Waals surface area (Å²) in [5.74, 6) is 0.0221. The van der Waals surface area contributed by atoms with Gasteiger partial charge < -0.3 is 129 Å². The molecule has 7 aromatic heterocycles. The van der Waals surface area contributed by atoms with Gasteiger partial charge in [0.1, 0.15) is 127 Å². The number of H-pyrrole nitrogens is 1. The van der Waals surface area contributed by atoms with Crippen LogP contribution in [0.3, 0.4) is 0 Å². The van der Waals surface area contributed by atoms with Gasteiger partial charge in [-0.05, 0) is 48.0 Å². The van der Waals surface area contributed by atoms with Crippen molar-refractivity contribution in [3.8, 4) is 0 Å². The van der Waals surface area contributed by atoms with Gasteiger partial charge in [0.25, 0.3) is 5.56 Å². The number of aromatic nitrogens is 14. The van der Waals surface area contributed by atoms with Crippen LogP contribution in [0.2, 0.25) is 0 Å². The number of nitrogen functional groups attached to an aromatic ring is 4. The molecule has 43 nitrogen and oxygen atoms in total. The summed E-state index contributed by atoms with van der Waals surface area (Å²) in [7, 11) is 0. The van der Waals surface area contributed by atoms with Gasteiger partial charge in [0.2, 0.25) is 0 Å². The van der Waals surface area contributed by atoms with Gasteiger partial charge in [-0.3, -0.25) is 37.2 Å². The smallest absolute Gasteiger partial charge is 0.351 e. The molecule has 0 radical (unpaired) electrons. The highest BCUT2D eigenvalue weighted by atomic mass is 32.7. The van der Waals surface area contributed by atoms with Crippen molar-refractivity contribution in [1.82, 2.24) is 67.7 Å². The molecule has 6 bridgehead atoms. The summed E-state index contributed by atoms with van der Waals surface area (Å²) in [6, 6.07) is 0. The lowest BCUT2D eigenvalue weighted by Crippen LogP contribution is -2.52. The Morgan fingerprint density at radius 1 is 0.578 bits per heavy atom. The first-order valence-corrected chi connectivity index (χ1v) is 44.1. The maximum absolute atomic E-state index is 15.3. The van der Waals surface area contributed by atoms with Crippen molar-refractivity contribution >= 4 is 120 Å². The lowest BCUT2D eigenvalue weighted by Gasteiger charge is -2.42. The number of aliphatic hydroxyl groups is 1. The minimum absolute atomic E-state index is 0.0481. The highest BCUT2D eigenvalue weighted by molar-refractivity contribution is 8.32. The van der Waals surface area contributed by atoms with Crippen LogP contribution in [0.15, 0.2) is 63.1 Å². The Labute approximate surface area is 636 Å². The summed E-state index contributed by atoms with van der Waals surface area (Å²) < 4.78 is 121. The van der Waals surface area contributed by atoms with E-state index < -0.39 is 203 Å². The van der Waals surface area contributed by atoms with Crippen LogP contribution in [0.5, 0.6) is 0 Å². The zero-order valence-corrected chi connectivity index (χ0v) is 65.2. The SMILES string of the molecule is CCC[C@H]1O[C@@H](n2cnc3c(N)ncnc32)CC1OP(=O)([S-])OC[C@H]1O[C@@H](n2cc(C)c(N)nc2=O)CC1OP([O-])(=S)OC[C@]12O[C@@H](n3cc(C)c(N)nc3=O)[C@@H](O[C@H]1C)C2OP([O-])(=S)OC[C@]12O[C@@H](n3cc(C)c(=O)[nH]c3=O)[C@@H](O[C@H]1C)C2OP([O-])(=S)OC[C@]12O[C@@H](n3cnc4c(N)ncnc43)[C@@H](O[C@H]1C)C2O. The van der Waals surface area contributed by atoms with Crippen molar-refractivity contribution in [2.45, 2.75) is 201 Å². The first-order chi connectivity index (χ1) is 51.4. The Balaban J connectivity index is 0.680. The molecule has 8 fully saturated rings. The van der Waals surface area contributed by atoms with Gasteiger partial charge in [0.15, 0.2) is 48.4 Å². The fourth-order valence-electron chi connectivity index (χ4n) is 15.0. The molecule has 8 aliphatic heterocycles. The first kappa shape index (κ1) is 78.7. The molecule has 0 amide bonds. The van der Waals surface area contributed by atoms with E-state index in [9.17, 15) is 33.7 Å². The summed E-state index contributed by atoms with van der Waals surface area (Å²) in [5.41, 5.74) is 16.5. The summed E-state index contributed by atoms with van der Waals surface area (Å²) in [5, 5.41) is 11.8. The Bertz CT molecular complexity index is 5210. The van der Waals surface area contributed by atoms with E-state index in [4.69, 9.17) is 145 Å². The number of rotatable bonds is 27. The number of aliphatic hydroxyl groups excluding tert-OH is 1. The van der Waals surface area contributed by atoms with Crippen LogP contribution < -0.4 is 60.2 Å². The van der Waals surface area contributed by atoms with Crippen molar-refractivity contribution < 1.29 is 98.4 Å². The van der Waals surface area contributed by atoms with E-state index in [1.807, 2.05) is 6.92 Å². The molecule has 15 heterocycles. The number of aryl methyl sites for hydroxylation is 3. The number of nitrogens with two attached hydrogens (primary N) is 4. The second-order valence-corrected chi connectivity index (χ2v) is 38.3. The fourth-order valence-corrected chi connectivity index (χ4v) is 20.8. The third-order valence-electron chi connectivity index (χ3n) is 20.8. The summed E-state index contributed by atoms with van der Waals surface area (Å²) in [6.07, 6.45) is -12.6. The molecule has 0 spiro atoms. The van der Waals surface area contributed by atoms with E-state index in [1.54, 1.807) is 25.3 Å². The van der Waals surface area contributed by atoms with Crippen LogP contribution in [0.25, 0.3) is 22.3 Å². The number of ether oxygens (including phenoxy) is 8. The van der Waals surface area contributed by atoms with Crippen LogP contribution in [-0.4, -0.2) is 195 Å². The van der Waals surface area contributed by atoms with Crippen LogP contribution >= 0.6 is 27.0 Å². The molecular formula is C58H72N18O25P4S4-4. The van der Waals surface area contributed by atoms with Crippen LogP contribution in [-0.2, 0) is 126 Å². The predicted octanol–water partition coefficient (Wildman–Crippen LogP) is -1.10. The number of nitrogens with zero attached hydrogens (tertiary/aromatic N) is 13. The van der Waals surface area contributed by atoms with Crippen molar-refractivity contribution in [2.24, 2.45) is 0 Å². The van der Waals surface area contributed by atoms with Gasteiger partial charge in [-0.2, -0.15) is 9.97 Å². The number of imidazole rings is 2. The number of nitrogens with one attached hydrogen (secondary N) is 1. The summed E-state index contributed by atoms with van der Waals surface area (Å²) in [6.45, 7) is -11.8. The predicted molar refractivity (Wildman–Crippen MR) is 381 cm³/mol. The average molecular weight is 1670 g/mol. The van der Waals surface area contributed by atoms with Gasteiger partial charge in [0.05, 0.1) is 75.7 Å². The summed E-state index contributed by atoms with van der Waals surface area (Å²) >= 11 is 22.4. The van der Waals surface area contributed by atoms with Crippen molar-refractivity contribution in [2.75, 3.05) is 49.4 Å². The van der Waals surface area contributed by atoms with E-state index in [0.717, 1.165) is 13.7 Å². The van der Waals surface area contributed by atoms with Crippen LogP contribution in [0, 0.1) is 20.8 Å². The molecule has 0 aromatic carbocycles. The molecule has 0 saturated carbocycles. The number of aromatic amines is 1. The highest BCUT2D eigenvalue weighted by Gasteiger charge is 2.71. The third kappa shape index (κ3) is 14.2. The van der Waals surface area contributed by atoms with E-state index in [-0.39, 0.29) is 52.8 Å². The lowest BCUT2D eigenvalue weighted by atomic mass is 9.94. The molecule has 0 aliphatic carbocycles. The molecule has 15 rings (SSSR count). The van der Waals surface area contributed by atoms with E-state index in [2.05, 4.69) is 44.9 Å². The number of hydrogen-bond acceptors (Lipinski definition) is 41. The van der Waals surface area contributed by atoms with Gasteiger partial charge in [0, 0.05) is 48.1 Å². The molecule has 109 heavy (non-hydrogen) atoms. The largest absolute Gasteiger partial charge is 0.780 e. The molecule has 592 valence electrons. The Kier molecular flexibility index (Phi) is 21.0. The van der Waals surface area contributed by atoms with Crippen LogP contribution in [0.4, 0.5) is 23.3 Å². The minimum Gasteiger partial charge on any atom is -0.780 e. The van der Waals surface area contributed by atoms with Gasteiger partial charge in [-0.25, -0.2) is 44.3 Å². The highest BCUT2D eigenvalue weighted by Crippen LogP contribution is 2.62. The zero-order valence-electron chi connectivity index (χ0n) is 58.4. The van der Waals surface area contributed by atoms with E-state index in [1.165, 1.54) is 69.2 Å². The molecule has 51 heteroatoms. The first-order valence-electron chi connectivity index (χ1n) is 33.9. The lowest BCUT2D eigenvalue weighted by molar-refractivity contribution is -0.246. The quantitative estimate of drug-likeness (QED) is 0.0263. The summed E-state index contributed by atoms with van der Waals surface area (Å²) in [4.78, 5) is 134. The molecule has 25 atom stereocenters. The van der Waals surface area contributed by atoms with E-state index >= 15 is 9.79 Å². The number of anilines is 4. The maximum Gasteiger partial charge on any atom is 0.351 e. The van der Waals surface area contributed by atoms with Crippen molar-refractivity contribution in [1.29, 1.82) is 0 Å². The Hall–Kier alpha value is -5.53. The second-order valence-electron chi connectivity index (χ2n) is 27.5. The van der Waals surface area contributed by atoms with Gasteiger partial charge in [-0.15, -0.1) is 0 Å². The maximum atomic E-state index is 15.3. The minimum atomic E-state index is -5.13. The van der Waals surface area contributed by atoms with Crippen molar-refractivity contribution in [3.63, 3.8) is 0 Å². The Morgan fingerprint density at radius 2 is 1.03 bits per heavy atom. The molecule has 9 unspecified atom stereocenters. The monoisotopic (exact) mass is 1670 g/mol. The van der Waals surface area contributed by atoms with Gasteiger partial charge in [-0.1, -0.05) is 48.8 Å². The molecule has 7 aromatic rings. The topological polar surface area (TPSA) is 570 Å². The standard InChI is InChI=1S/C58H76N18O25P4S4/c1-8-9-29-30(10-34(93-29)75-21-67-35-45(61)63-19-65-47(35)75)98-102(82,106)86-15-32-31(11-33(94-32)72-12-23(2)43(59)69-53(72)79)99-103(83,107)88-17-57-27(6)91-38(51(96-57)73-13-24(3)44(60)70-54(73)80)41(57)101-105(85,109)89-18-58-28(7)92-39(52(97-58)74-14-25(4)49(78)71-55(74)81)42(58)100-104(84,108)87-16-56-26(5)90-37(40(56)77)50(95-56)76-22-68-36-46(62)64-20-66-48(36)76/h12-14,19-22,26-34,37-42,50-52,77H,8-11,15-18H2,1-7H3,(H,82,106)(H,83,107)(H,84,108)(H,85,109)(H2,59,69,79)(H2,60,70,80)(H2,61,63,65)(H2,62,64,66)(H,71,78,81)/p-4/t26-,27-,28-,29+,30?,31?,32+,33+,34+,37-,38-,39-,40?,41?,42?,50+,51+,52+,56-,57-,58-,102?,103?,104?,105?/m0/s1. The third-order valence-corrected chi connectivity index (χ3v) is 26.9. The number of hydrogen-bond donors (Lipinski definition) is 6. The fraction of sp³-hybridized carbons (Fsp3) is 0.621. The van der Waals surface area contributed by atoms with Gasteiger partial charge >= 0.3 is 17.1 Å². The normalized spacial score (nSPS) is 35.4. The van der Waals surface area contributed by atoms with Crippen LogP contribution in [0.1, 0.15) is 101 Å². The zero-order chi connectivity index (χ0) is 77.7. The molecule has 8 aliphatic rings. The average Bonchev–Trinajstić information content (AvgIpc) is 1.56. The van der Waals surface area contributed by atoms with E-state index in [0.29, 0.717) is 35.1 Å². The molecule has 10 N–H and O–H groups in total. The Morgan fingerprint density at radius 3 is 1.61 bits per heavy atom. The number of fused-ring (bicyclic) bond motifs is 8. The second kappa shape index (κ2) is 29.1. The van der Waals surface area contributed by atoms with Crippen molar-refractivity contribution in [3.05, 3.63) is 102 Å².